The molecule has 2 aliphatic rings. The van der Waals surface area contributed by atoms with Crippen LogP contribution in [0.1, 0.15) is 30.0 Å². The molecule has 1 aromatic heterocycles. The molecule has 1 spiro atoms. The summed E-state index contributed by atoms with van der Waals surface area (Å²) >= 11 is 0. The Morgan fingerprint density at radius 2 is 1.67 bits per heavy atom. The topological polar surface area (TPSA) is 157 Å². The number of hydrogen-bond donors (Lipinski definition) is 1. The maximum Gasteiger partial charge on any atom is 0.279 e. The average molecular weight is 838 g/mol. The molecule has 0 radical (unpaired) electrons. The minimum atomic E-state index is -2.69. The normalized spacial score (nSPS) is 19.7. The van der Waals surface area contributed by atoms with Gasteiger partial charge in [0.15, 0.2) is 5.60 Å². The number of amides is 2. The highest BCUT2D eigenvalue weighted by atomic mass is 28.3. The van der Waals surface area contributed by atoms with E-state index in [0.29, 0.717) is 33.6 Å². The smallest absolute Gasteiger partial charge is 0.279 e. The summed E-state index contributed by atoms with van der Waals surface area (Å²) in [6, 6.07) is 36.3. The number of hydrogen-bond acceptors (Lipinski definition) is 9. The van der Waals surface area contributed by atoms with Crippen molar-refractivity contribution in [2.24, 2.45) is 5.92 Å². The number of anilines is 1. The first-order chi connectivity index (χ1) is 29.4. The first kappa shape index (κ1) is 41.3. The molecule has 14 heteroatoms. The number of aliphatic hydroxyl groups is 1. The summed E-state index contributed by atoms with van der Waals surface area (Å²) in [7, 11) is -1.09. The zero-order valence-electron chi connectivity index (χ0n) is 34.4. The van der Waals surface area contributed by atoms with Crippen LogP contribution in [0.25, 0.3) is 16.5 Å². The molecule has 0 aliphatic carbocycles. The predicted molar refractivity (Wildman–Crippen MR) is 235 cm³/mol. The fourth-order valence-corrected chi connectivity index (χ4v) is 13.5. The van der Waals surface area contributed by atoms with Crippen LogP contribution in [0.4, 0.5) is 11.4 Å². The molecule has 312 valence electrons. The third kappa shape index (κ3) is 7.40. The van der Waals surface area contributed by atoms with Gasteiger partial charge in [-0.2, -0.15) is 9.78 Å². The van der Waals surface area contributed by atoms with Crippen molar-refractivity contribution >= 4 is 47.2 Å². The van der Waals surface area contributed by atoms with Crippen molar-refractivity contribution in [1.82, 2.24) is 14.7 Å². The monoisotopic (exact) mass is 837 g/mol. The highest BCUT2D eigenvalue weighted by molar-refractivity contribution is 6.91. The van der Waals surface area contributed by atoms with Crippen molar-refractivity contribution in [3.05, 3.63) is 165 Å². The number of non-ortho nitro benzene ring substituents is 1. The Morgan fingerprint density at radius 1 is 0.951 bits per heavy atom. The summed E-state index contributed by atoms with van der Waals surface area (Å²) in [5, 5.41) is 29.1. The quantitative estimate of drug-likeness (QED) is 0.0782. The molecule has 2 aliphatic heterocycles. The van der Waals surface area contributed by atoms with E-state index in [4.69, 9.17) is 9.47 Å². The van der Waals surface area contributed by atoms with Crippen molar-refractivity contribution in [3.63, 3.8) is 0 Å². The Kier molecular flexibility index (Phi) is 11.2. The van der Waals surface area contributed by atoms with Gasteiger partial charge in [-0.15, -0.1) is 0 Å². The summed E-state index contributed by atoms with van der Waals surface area (Å²) in [5.41, 5.74) is 0.467. The van der Waals surface area contributed by atoms with Crippen LogP contribution in [-0.4, -0.2) is 71.0 Å². The van der Waals surface area contributed by atoms with Gasteiger partial charge in [-0.3, -0.25) is 24.5 Å². The minimum Gasteiger partial charge on any atom is -0.497 e. The maximum atomic E-state index is 15.5. The standard InChI is InChI=1S/C47H47N5O8Si/c1-31-44(61(3,4)38-20-18-37(59-2)19-21-38)42(27-43(54)49(23-24-53)29-32-11-6-5-7-12-32)60-47(31)40-26-36(52(57)58)17-22-41(40)50(46(47)56)30-33-13-10-15-35(25-33)51-45(55)39-16-9-8-14-34(39)28-48-51/h5-22,25-26,28,31,42,44,53H,23-24,27,29-30H2,1-4H3/t31-,42+,44-,47+/m1/s1. The van der Waals surface area contributed by atoms with Crippen LogP contribution in [-0.2, 0) is 33.0 Å². The highest BCUT2D eigenvalue weighted by Crippen LogP contribution is 2.60. The van der Waals surface area contributed by atoms with Crippen LogP contribution in [0.5, 0.6) is 5.75 Å². The number of fused-ring (bicyclic) bond motifs is 3. The second-order valence-electron chi connectivity index (χ2n) is 16.4. The van der Waals surface area contributed by atoms with Crippen molar-refractivity contribution in [2.45, 2.75) is 56.8 Å². The molecule has 0 unspecified atom stereocenters. The fourth-order valence-electron chi connectivity index (χ4n) is 9.53. The summed E-state index contributed by atoms with van der Waals surface area (Å²) in [4.78, 5) is 58.5. The number of carbonyl (C=O) groups excluding carboxylic acids is 2. The number of carbonyl (C=O) groups is 2. The van der Waals surface area contributed by atoms with E-state index >= 15 is 4.79 Å². The van der Waals surface area contributed by atoms with Crippen LogP contribution in [0.15, 0.2) is 132 Å². The molecule has 1 N–H and O–H groups in total. The molecule has 4 atom stereocenters. The Morgan fingerprint density at radius 3 is 2.39 bits per heavy atom. The van der Waals surface area contributed by atoms with Gasteiger partial charge in [0.25, 0.3) is 17.2 Å². The number of methoxy groups -OCH3 is 1. The van der Waals surface area contributed by atoms with Crippen LogP contribution >= 0.6 is 0 Å². The number of nitrogens with zero attached hydrogens (tertiary/aromatic N) is 5. The molecule has 61 heavy (non-hydrogen) atoms. The third-order valence-electron chi connectivity index (χ3n) is 12.5. The molecule has 3 heterocycles. The Hall–Kier alpha value is -6.48. The van der Waals surface area contributed by atoms with Crippen LogP contribution in [0, 0.1) is 16.0 Å². The largest absolute Gasteiger partial charge is 0.497 e. The molecule has 1 saturated heterocycles. The van der Waals surface area contributed by atoms with E-state index in [1.807, 2.05) is 79.7 Å². The summed E-state index contributed by atoms with van der Waals surface area (Å²) in [6.45, 7) is 6.57. The first-order valence-electron chi connectivity index (χ1n) is 20.3. The lowest BCUT2D eigenvalue weighted by atomic mass is 9.82. The number of nitro benzene ring substituents is 1. The van der Waals surface area contributed by atoms with Gasteiger partial charge < -0.3 is 24.4 Å². The van der Waals surface area contributed by atoms with E-state index in [9.17, 15) is 24.8 Å². The van der Waals surface area contributed by atoms with Gasteiger partial charge in [0, 0.05) is 42.1 Å². The molecular weight excluding hydrogens is 791 g/mol. The first-order valence-corrected chi connectivity index (χ1v) is 23.4. The number of nitro groups is 1. The van der Waals surface area contributed by atoms with E-state index in [1.165, 1.54) is 16.8 Å². The second-order valence-corrected chi connectivity index (χ2v) is 21.0. The van der Waals surface area contributed by atoms with E-state index < -0.39 is 36.5 Å². The summed E-state index contributed by atoms with van der Waals surface area (Å²) in [6.07, 6.45) is 0.787. The molecule has 13 nitrogen and oxygen atoms in total. The van der Waals surface area contributed by atoms with E-state index in [0.717, 1.165) is 16.1 Å². The zero-order valence-corrected chi connectivity index (χ0v) is 35.4. The fraction of sp³-hybridized carbons (Fsp3) is 0.277. The Bertz CT molecular complexity index is 2690. The summed E-state index contributed by atoms with van der Waals surface area (Å²) < 4.78 is 14.0. The van der Waals surface area contributed by atoms with Crippen LogP contribution < -0.4 is 20.4 Å². The SMILES string of the molecule is COc1ccc([Si](C)(C)[C@H]2[C@H](CC(=O)N(CCO)Cc3ccccc3)O[C@@]3(C(=O)N(Cc4cccc(-n5ncc6ccccc6c5=O)c4)c4ccc([N+](=O)[O-])cc43)[C@@H]2C)cc1. The van der Waals surface area contributed by atoms with Gasteiger partial charge in [-0.05, 0) is 53.1 Å². The van der Waals surface area contributed by atoms with Crippen molar-refractivity contribution in [2.75, 3.05) is 25.2 Å². The van der Waals surface area contributed by atoms with Crippen LogP contribution in [0.3, 0.4) is 0 Å². The molecule has 8 rings (SSSR count). The number of rotatable bonds is 13. The van der Waals surface area contributed by atoms with Gasteiger partial charge in [0.1, 0.15) is 5.75 Å². The molecule has 6 aromatic rings. The van der Waals surface area contributed by atoms with E-state index in [2.05, 4.69) is 18.2 Å². The number of ether oxygens (including phenoxy) is 2. The summed E-state index contributed by atoms with van der Waals surface area (Å²) in [5.74, 6) is -0.480. The lowest BCUT2D eigenvalue weighted by Gasteiger charge is -2.37. The molecule has 1 fully saturated rings. The van der Waals surface area contributed by atoms with Crippen molar-refractivity contribution in [3.8, 4) is 11.4 Å². The van der Waals surface area contributed by atoms with Gasteiger partial charge in [0.05, 0.1) is 68.7 Å². The van der Waals surface area contributed by atoms with Crippen LogP contribution in [0.2, 0.25) is 18.6 Å². The number of aromatic nitrogens is 2. The molecule has 5 aromatic carbocycles. The predicted octanol–water partition coefficient (Wildman–Crippen LogP) is 6.48. The number of benzene rings is 5. The lowest BCUT2D eigenvalue weighted by molar-refractivity contribution is -0.385. The Labute approximate surface area is 353 Å². The molecule has 0 bridgehead atoms. The molecule has 2 amide bonds. The van der Waals surface area contributed by atoms with Gasteiger partial charge in [-0.25, -0.2) is 0 Å². The highest BCUT2D eigenvalue weighted by Gasteiger charge is 2.66. The van der Waals surface area contributed by atoms with Crippen molar-refractivity contribution in [1.29, 1.82) is 0 Å². The second kappa shape index (κ2) is 16.5. The molecule has 0 saturated carbocycles. The van der Waals surface area contributed by atoms with Gasteiger partial charge in [0.2, 0.25) is 5.91 Å². The minimum absolute atomic E-state index is 0.0621. The van der Waals surface area contributed by atoms with E-state index in [1.54, 1.807) is 59.5 Å². The lowest BCUT2D eigenvalue weighted by Crippen LogP contribution is -2.52. The van der Waals surface area contributed by atoms with Gasteiger partial charge >= 0.3 is 0 Å². The average Bonchev–Trinajstić information content (AvgIpc) is 3.69. The van der Waals surface area contributed by atoms with E-state index in [-0.39, 0.29) is 55.4 Å². The Balaban J connectivity index is 1.21. The maximum absolute atomic E-state index is 15.5. The van der Waals surface area contributed by atoms with Gasteiger partial charge in [-0.1, -0.05) is 98.0 Å². The number of aliphatic hydroxyl groups excluding tert-OH is 1. The zero-order chi connectivity index (χ0) is 43.1. The molecular formula is C47H47N5O8Si. The van der Waals surface area contributed by atoms with Crippen molar-refractivity contribution < 1.29 is 29.1 Å². The third-order valence-corrected chi connectivity index (χ3v) is 16.9.